The molecule has 0 saturated heterocycles. The van der Waals surface area contributed by atoms with Crippen LogP contribution in [-0.2, 0) is 9.47 Å². The van der Waals surface area contributed by atoms with Crippen LogP contribution in [0.4, 0.5) is 4.79 Å². The van der Waals surface area contributed by atoms with Crippen molar-refractivity contribution in [3.8, 4) is 0 Å². The van der Waals surface area contributed by atoms with Gasteiger partial charge >= 0.3 is 6.09 Å². The summed E-state index contributed by atoms with van der Waals surface area (Å²) in [6.45, 7) is 8.82. The largest absolute Gasteiger partial charge is 0.444 e. The van der Waals surface area contributed by atoms with E-state index in [0.29, 0.717) is 13.2 Å². The van der Waals surface area contributed by atoms with E-state index in [1.807, 2.05) is 27.7 Å². The second-order valence-corrected chi connectivity index (χ2v) is 5.68. The van der Waals surface area contributed by atoms with Gasteiger partial charge in [0.05, 0.1) is 5.60 Å². The maximum atomic E-state index is 11.6. The zero-order valence-corrected chi connectivity index (χ0v) is 11.5. The third kappa shape index (κ3) is 4.94. The van der Waals surface area contributed by atoms with Gasteiger partial charge in [-0.3, -0.25) is 0 Å². The van der Waals surface area contributed by atoms with Crippen LogP contribution in [0.15, 0.2) is 0 Å². The van der Waals surface area contributed by atoms with Crippen molar-refractivity contribution in [3.63, 3.8) is 0 Å². The second kappa shape index (κ2) is 5.71. The average molecular weight is 243 g/mol. The first-order chi connectivity index (χ1) is 7.87. The van der Waals surface area contributed by atoms with Gasteiger partial charge in [0.1, 0.15) is 5.60 Å². The van der Waals surface area contributed by atoms with E-state index in [4.69, 9.17) is 9.47 Å². The molecule has 0 atom stereocenters. The molecule has 0 heterocycles. The molecule has 0 aromatic heterocycles. The smallest absolute Gasteiger partial charge is 0.407 e. The van der Waals surface area contributed by atoms with Crippen LogP contribution >= 0.6 is 0 Å². The van der Waals surface area contributed by atoms with Crippen molar-refractivity contribution in [2.45, 2.75) is 64.6 Å². The van der Waals surface area contributed by atoms with E-state index in [1.165, 1.54) is 12.8 Å². The molecule has 1 saturated carbocycles. The maximum absolute atomic E-state index is 11.6. The SMILES string of the molecule is CCOC1(CNC(=O)OC(C)(C)C)CCCC1. The minimum atomic E-state index is -0.446. The Morgan fingerprint density at radius 1 is 1.29 bits per heavy atom. The molecule has 4 nitrogen and oxygen atoms in total. The van der Waals surface area contributed by atoms with E-state index in [-0.39, 0.29) is 11.7 Å². The molecule has 1 aliphatic carbocycles. The lowest BCUT2D eigenvalue weighted by Gasteiger charge is -2.29. The highest BCUT2D eigenvalue weighted by Crippen LogP contribution is 2.32. The molecule has 1 amide bonds. The minimum Gasteiger partial charge on any atom is -0.444 e. The van der Waals surface area contributed by atoms with Crippen molar-refractivity contribution in [2.24, 2.45) is 0 Å². The van der Waals surface area contributed by atoms with Crippen molar-refractivity contribution in [1.29, 1.82) is 0 Å². The van der Waals surface area contributed by atoms with Crippen LogP contribution in [0, 0.1) is 0 Å². The van der Waals surface area contributed by atoms with Gasteiger partial charge < -0.3 is 14.8 Å². The molecular weight excluding hydrogens is 218 g/mol. The van der Waals surface area contributed by atoms with E-state index >= 15 is 0 Å². The topological polar surface area (TPSA) is 47.6 Å². The highest BCUT2D eigenvalue weighted by atomic mass is 16.6. The van der Waals surface area contributed by atoms with Gasteiger partial charge in [-0.1, -0.05) is 12.8 Å². The Morgan fingerprint density at radius 2 is 1.88 bits per heavy atom. The van der Waals surface area contributed by atoms with Gasteiger partial charge in [0.2, 0.25) is 0 Å². The average Bonchev–Trinajstić information content (AvgIpc) is 2.62. The molecular formula is C13H25NO3. The Morgan fingerprint density at radius 3 is 2.35 bits per heavy atom. The van der Waals surface area contributed by atoms with Crippen LogP contribution in [-0.4, -0.2) is 30.4 Å². The first-order valence-corrected chi connectivity index (χ1v) is 6.48. The molecule has 0 radical (unpaired) electrons. The molecule has 1 aliphatic rings. The van der Waals surface area contributed by atoms with E-state index in [2.05, 4.69) is 5.32 Å². The number of carbonyl (C=O) groups is 1. The lowest BCUT2D eigenvalue weighted by atomic mass is 10.0. The van der Waals surface area contributed by atoms with Crippen LogP contribution in [0.2, 0.25) is 0 Å². The van der Waals surface area contributed by atoms with Crippen LogP contribution in [0.3, 0.4) is 0 Å². The highest BCUT2D eigenvalue weighted by molar-refractivity contribution is 5.67. The van der Waals surface area contributed by atoms with Crippen LogP contribution < -0.4 is 5.32 Å². The Bertz CT molecular complexity index is 252. The monoisotopic (exact) mass is 243 g/mol. The predicted octanol–water partition coefficient (Wildman–Crippen LogP) is 2.86. The third-order valence-electron chi connectivity index (χ3n) is 2.92. The molecule has 17 heavy (non-hydrogen) atoms. The molecule has 4 heteroatoms. The van der Waals surface area contributed by atoms with Gasteiger partial charge in [-0.2, -0.15) is 0 Å². The molecule has 1 N–H and O–H groups in total. The van der Waals surface area contributed by atoms with E-state index in [1.54, 1.807) is 0 Å². The lowest BCUT2D eigenvalue weighted by Crippen LogP contribution is -2.44. The van der Waals surface area contributed by atoms with Crippen molar-refractivity contribution >= 4 is 6.09 Å². The summed E-state index contributed by atoms with van der Waals surface area (Å²) >= 11 is 0. The summed E-state index contributed by atoms with van der Waals surface area (Å²) in [6, 6.07) is 0. The molecule has 0 spiro atoms. The Hall–Kier alpha value is -0.770. The quantitative estimate of drug-likeness (QED) is 0.826. The normalized spacial score (nSPS) is 19.1. The zero-order chi connectivity index (χ0) is 12.9. The van der Waals surface area contributed by atoms with E-state index < -0.39 is 5.60 Å². The highest BCUT2D eigenvalue weighted by Gasteiger charge is 2.35. The number of carbonyl (C=O) groups excluding carboxylic acids is 1. The van der Waals surface area contributed by atoms with Crippen LogP contribution in [0.1, 0.15) is 53.4 Å². The summed E-state index contributed by atoms with van der Waals surface area (Å²) in [7, 11) is 0. The Balaban J connectivity index is 2.39. The van der Waals surface area contributed by atoms with Crippen LogP contribution in [0.5, 0.6) is 0 Å². The maximum Gasteiger partial charge on any atom is 0.407 e. The fourth-order valence-electron chi connectivity index (χ4n) is 2.25. The molecule has 100 valence electrons. The van der Waals surface area contributed by atoms with E-state index in [9.17, 15) is 4.79 Å². The third-order valence-corrected chi connectivity index (χ3v) is 2.92. The lowest BCUT2D eigenvalue weighted by molar-refractivity contribution is -0.0346. The summed E-state index contributed by atoms with van der Waals surface area (Å²) in [5.41, 5.74) is -0.607. The number of hydrogen-bond donors (Lipinski definition) is 1. The first kappa shape index (κ1) is 14.3. The summed E-state index contributed by atoms with van der Waals surface area (Å²) in [5, 5.41) is 2.82. The van der Waals surface area contributed by atoms with Crippen molar-refractivity contribution in [2.75, 3.05) is 13.2 Å². The van der Waals surface area contributed by atoms with E-state index in [0.717, 1.165) is 12.8 Å². The fraction of sp³-hybridized carbons (Fsp3) is 0.923. The first-order valence-electron chi connectivity index (χ1n) is 6.48. The molecule has 0 bridgehead atoms. The second-order valence-electron chi connectivity index (χ2n) is 5.68. The number of rotatable bonds is 4. The summed E-state index contributed by atoms with van der Waals surface area (Å²) in [5.74, 6) is 0. The molecule has 0 aromatic carbocycles. The standard InChI is InChI=1S/C13H25NO3/c1-5-16-13(8-6-7-9-13)10-14-11(15)17-12(2,3)4/h5-10H2,1-4H3,(H,14,15). The predicted molar refractivity (Wildman–Crippen MR) is 67.1 cm³/mol. The summed E-state index contributed by atoms with van der Waals surface area (Å²) < 4.78 is 11.0. The van der Waals surface area contributed by atoms with Crippen LogP contribution in [0.25, 0.3) is 0 Å². The number of hydrogen-bond acceptors (Lipinski definition) is 3. The molecule has 1 rings (SSSR count). The van der Waals surface area contributed by atoms with Gasteiger partial charge in [-0.25, -0.2) is 4.79 Å². The zero-order valence-electron chi connectivity index (χ0n) is 11.5. The van der Waals surface area contributed by atoms with Crippen molar-refractivity contribution in [1.82, 2.24) is 5.32 Å². The molecule has 0 aliphatic heterocycles. The Kier molecular flexibility index (Phi) is 4.80. The number of nitrogens with one attached hydrogen (secondary N) is 1. The summed E-state index contributed by atoms with van der Waals surface area (Å²) in [6.07, 6.45) is 4.04. The molecule has 0 unspecified atom stereocenters. The number of alkyl carbamates (subject to hydrolysis) is 1. The molecule has 0 aromatic rings. The van der Waals surface area contributed by atoms with Gasteiger partial charge in [0.15, 0.2) is 0 Å². The summed E-state index contributed by atoms with van der Waals surface area (Å²) in [4.78, 5) is 11.6. The number of ether oxygens (including phenoxy) is 2. The van der Waals surface area contributed by atoms with Crippen molar-refractivity contribution in [3.05, 3.63) is 0 Å². The van der Waals surface area contributed by atoms with Gasteiger partial charge in [0, 0.05) is 13.2 Å². The van der Waals surface area contributed by atoms with Gasteiger partial charge in [0.25, 0.3) is 0 Å². The minimum absolute atomic E-state index is 0.161. The van der Waals surface area contributed by atoms with Gasteiger partial charge in [-0.05, 0) is 40.5 Å². The van der Waals surface area contributed by atoms with Gasteiger partial charge in [-0.15, -0.1) is 0 Å². The Labute approximate surface area is 104 Å². The molecule has 1 fully saturated rings. The fourth-order valence-corrected chi connectivity index (χ4v) is 2.25. The van der Waals surface area contributed by atoms with Crippen molar-refractivity contribution < 1.29 is 14.3 Å². The number of amides is 1.